The van der Waals surface area contributed by atoms with E-state index in [2.05, 4.69) is 21.5 Å². The van der Waals surface area contributed by atoms with Crippen molar-refractivity contribution in [2.75, 3.05) is 0 Å². The molecule has 3 amide bonds. The van der Waals surface area contributed by atoms with E-state index in [0.717, 1.165) is 33.8 Å². The normalized spacial score (nSPS) is 17.6. The Morgan fingerprint density at radius 3 is 2.71 bits per heavy atom. The number of hydrogen-bond donors (Lipinski definition) is 1. The molecule has 0 aliphatic carbocycles. The standard InChI is InChI=1S/C26H22N6O3/c1-30-15-27-23(24(30)17-4-2-5-19(13-17)32-11-3-10-28-32)16-6-7-20-18(12-16)14-31(26(20)35)21-8-9-22(33)29-25(21)34/h2-7,10-13,15,21H,8-9,14H2,1H3,(H,29,33,34)/t21-/m0/s1. The average molecular weight is 467 g/mol. The molecule has 2 aliphatic heterocycles. The monoisotopic (exact) mass is 466 g/mol. The number of carbonyl (C=O) groups excluding carboxylic acids is 3. The van der Waals surface area contributed by atoms with E-state index in [0.29, 0.717) is 18.5 Å². The first kappa shape index (κ1) is 21.0. The molecule has 0 spiro atoms. The number of imidazole rings is 1. The van der Waals surface area contributed by atoms with E-state index < -0.39 is 11.9 Å². The van der Waals surface area contributed by atoms with Gasteiger partial charge in [-0.25, -0.2) is 9.67 Å². The van der Waals surface area contributed by atoms with Crippen molar-refractivity contribution in [2.24, 2.45) is 7.05 Å². The molecule has 9 nitrogen and oxygen atoms in total. The highest BCUT2D eigenvalue weighted by molar-refractivity contribution is 6.05. The summed E-state index contributed by atoms with van der Waals surface area (Å²) in [6, 6.07) is 15.0. The third-order valence-corrected chi connectivity index (χ3v) is 6.62. The zero-order valence-electron chi connectivity index (χ0n) is 19.0. The van der Waals surface area contributed by atoms with Crippen LogP contribution in [0.5, 0.6) is 0 Å². The van der Waals surface area contributed by atoms with Gasteiger partial charge in [0.25, 0.3) is 5.91 Å². The first-order valence-corrected chi connectivity index (χ1v) is 11.4. The minimum Gasteiger partial charge on any atom is -0.333 e. The third kappa shape index (κ3) is 3.52. The minimum atomic E-state index is -0.633. The summed E-state index contributed by atoms with van der Waals surface area (Å²) in [7, 11) is 1.95. The summed E-state index contributed by atoms with van der Waals surface area (Å²) >= 11 is 0. The summed E-state index contributed by atoms with van der Waals surface area (Å²) in [6.07, 6.45) is 5.99. The van der Waals surface area contributed by atoms with Crippen LogP contribution in [0.4, 0.5) is 0 Å². The molecule has 1 N–H and O–H groups in total. The Hall–Kier alpha value is -4.53. The van der Waals surface area contributed by atoms with Gasteiger partial charge in [-0.1, -0.05) is 18.2 Å². The summed E-state index contributed by atoms with van der Waals surface area (Å²) in [5.41, 5.74) is 6.01. The molecule has 0 bridgehead atoms. The largest absolute Gasteiger partial charge is 0.333 e. The third-order valence-electron chi connectivity index (χ3n) is 6.62. The van der Waals surface area contributed by atoms with Gasteiger partial charge in [0, 0.05) is 49.1 Å². The van der Waals surface area contributed by atoms with Crippen LogP contribution in [0, 0.1) is 0 Å². The van der Waals surface area contributed by atoms with Crippen molar-refractivity contribution in [1.29, 1.82) is 0 Å². The highest BCUT2D eigenvalue weighted by Crippen LogP contribution is 2.35. The lowest BCUT2D eigenvalue weighted by Gasteiger charge is -2.29. The number of aryl methyl sites for hydroxylation is 1. The number of amides is 3. The van der Waals surface area contributed by atoms with Crippen LogP contribution in [0.25, 0.3) is 28.2 Å². The number of piperidine rings is 1. The number of nitrogens with zero attached hydrogens (tertiary/aromatic N) is 5. The second-order valence-corrected chi connectivity index (χ2v) is 8.83. The van der Waals surface area contributed by atoms with Gasteiger partial charge in [0.2, 0.25) is 11.8 Å². The molecule has 1 atom stereocenters. The van der Waals surface area contributed by atoms with E-state index in [9.17, 15) is 14.4 Å². The fraction of sp³-hybridized carbons (Fsp3) is 0.192. The number of rotatable bonds is 4. The lowest BCUT2D eigenvalue weighted by atomic mass is 10.0. The molecule has 2 aromatic carbocycles. The van der Waals surface area contributed by atoms with Gasteiger partial charge in [-0.15, -0.1) is 0 Å². The number of aromatic nitrogens is 4. The quantitative estimate of drug-likeness (QED) is 0.466. The predicted octanol–water partition coefficient (Wildman–Crippen LogP) is 2.70. The summed E-state index contributed by atoms with van der Waals surface area (Å²) < 4.78 is 3.79. The van der Waals surface area contributed by atoms with Crippen LogP contribution in [-0.4, -0.2) is 48.0 Å². The summed E-state index contributed by atoms with van der Waals surface area (Å²) in [4.78, 5) is 43.1. The van der Waals surface area contributed by atoms with Crippen molar-refractivity contribution < 1.29 is 14.4 Å². The van der Waals surface area contributed by atoms with Crippen LogP contribution < -0.4 is 5.32 Å². The van der Waals surface area contributed by atoms with Gasteiger partial charge in [0.1, 0.15) is 6.04 Å². The number of nitrogens with one attached hydrogen (secondary N) is 1. The smallest absolute Gasteiger partial charge is 0.255 e. The van der Waals surface area contributed by atoms with Gasteiger partial charge in [0.15, 0.2) is 0 Å². The van der Waals surface area contributed by atoms with Gasteiger partial charge in [-0.2, -0.15) is 5.10 Å². The van der Waals surface area contributed by atoms with Crippen molar-refractivity contribution in [3.63, 3.8) is 0 Å². The number of imide groups is 1. The van der Waals surface area contributed by atoms with Crippen molar-refractivity contribution in [1.82, 2.24) is 29.5 Å². The molecule has 0 unspecified atom stereocenters. The van der Waals surface area contributed by atoms with Gasteiger partial charge in [0.05, 0.1) is 23.4 Å². The Labute approximate surface area is 201 Å². The van der Waals surface area contributed by atoms with E-state index in [-0.39, 0.29) is 18.2 Å². The second-order valence-electron chi connectivity index (χ2n) is 8.83. The number of carbonyl (C=O) groups is 3. The Bertz CT molecular complexity index is 1490. The van der Waals surface area contributed by atoms with E-state index in [4.69, 9.17) is 0 Å². The molecule has 1 saturated heterocycles. The zero-order chi connectivity index (χ0) is 24.1. The molecule has 35 heavy (non-hydrogen) atoms. The maximum absolute atomic E-state index is 13.0. The fourth-order valence-electron chi connectivity index (χ4n) is 4.92. The van der Waals surface area contributed by atoms with Crippen molar-refractivity contribution in [2.45, 2.75) is 25.4 Å². The highest BCUT2D eigenvalue weighted by atomic mass is 16.2. The number of fused-ring (bicyclic) bond motifs is 1. The highest BCUT2D eigenvalue weighted by Gasteiger charge is 2.39. The maximum Gasteiger partial charge on any atom is 0.255 e. The first-order chi connectivity index (χ1) is 17.0. The van der Waals surface area contributed by atoms with Crippen molar-refractivity contribution in [3.8, 4) is 28.2 Å². The van der Waals surface area contributed by atoms with E-state index in [1.807, 2.05) is 58.9 Å². The van der Waals surface area contributed by atoms with Crippen molar-refractivity contribution >= 4 is 17.7 Å². The van der Waals surface area contributed by atoms with Gasteiger partial charge >= 0.3 is 0 Å². The van der Waals surface area contributed by atoms with Gasteiger partial charge < -0.3 is 9.47 Å². The molecule has 2 aliphatic rings. The molecule has 2 aromatic heterocycles. The molecule has 174 valence electrons. The summed E-state index contributed by atoms with van der Waals surface area (Å²) in [5, 5.41) is 6.67. The van der Waals surface area contributed by atoms with Crippen LogP contribution in [0.2, 0.25) is 0 Å². The topological polar surface area (TPSA) is 102 Å². The Balaban J connectivity index is 1.35. The Morgan fingerprint density at radius 2 is 1.91 bits per heavy atom. The van der Waals surface area contributed by atoms with Crippen molar-refractivity contribution in [3.05, 3.63) is 78.4 Å². The Morgan fingerprint density at radius 1 is 1.03 bits per heavy atom. The Kier molecular flexibility index (Phi) is 4.84. The molecule has 0 saturated carbocycles. The molecular weight excluding hydrogens is 444 g/mol. The SMILES string of the molecule is Cn1cnc(-c2ccc3c(c2)CN([C@H]2CCC(=O)NC2=O)C3=O)c1-c1cccc(-n2cccn2)c1. The van der Waals surface area contributed by atoms with Gasteiger partial charge in [-0.05, 0) is 42.3 Å². The van der Waals surface area contributed by atoms with Crippen LogP contribution in [0.1, 0.15) is 28.8 Å². The number of benzene rings is 2. The second kappa shape index (κ2) is 8.05. The lowest BCUT2D eigenvalue weighted by Crippen LogP contribution is -2.52. The molecule has 9 heteroatoms. The van der Waals surface area contributed by atoms with Gasteiger partial charge in [-0.3, -0.25) is 19.7 Å². The van der Waals surface area contributed by atoms with E-state index in [1.54, 1.807) is 23.5 Å². The van der Waals surface area contributed by atoms with Crippen LogP contribution in [0.3, 0.4) is 0 Å². The first-order valence-electron chi connectivity index (χ1n) is 11.4. The maximum atomic E-state index is 13.0. The van der Waals surface area contributed by atoms with Crippen LogP contribution >= 0.6 is 0 Å². The zero-order valence-corrected chi connectivity index (χ0v) is 19.0. The predicted molar refractivity (Wildman–Crippen MR) is 127 cm³/mol. The van der Waals surface area contributed by atoms with Crippen LogP contribution in [0.15, 0.2) is 67.3 Å². The molecule has 0 radical (unpaired) electrons. The lowest BCUT2D eigenvalue weighted by molar-refractivity contribution is -0.136. The summed E-state index contributed by atoms with van der Waals surface area (Å²) in [5.74, 6) is -0.891. The number of hydrogen-bond acceptors (Lipinski definition) is 5. The van der Waals surface area contributed by atoms with E-state index in [1.165, 1.54) is 0 Å². The minimum absolute atomic E-state index is 0.186. The van der Waals surface area contributed by atoms with E-state index >= 15 is 0 Å². The molecule has 6 rings (SSSR count). The molecule has 4 heterocycles. The van der Waals surface area contributed by atoms with Crippen LogP contribution in [-0.2, 0) is 23.2 Å². The fourth-order valence-corrected chi connectivity index (χ4v) is 4.92. The molecular formula is C26H22N6O3. The molecule has 4 aromatic rings. The summed E-state index contributed by atoms with van der Waals surface area (Å²) in [6.45, 7) is 0.325. The molecule has 1 fully saturated rings. The average Bonchev–Trinajstić information content (AvgIpc) is 3.59.